The second-order valence-corrected chi connectivity index (χ2v) is 2.08. The minimum atomic E-state index is -0.155. The van der Waals surface area contributed by atoms with Crippen molar-refractivity contribution in [3.05, 3.63) is 17.4 Å². The van der Waals surface area contributed by atoms with Gasteiger partial charge >= 0.3 is 0 Å². The normalized spacial score (nSPS) is 9.64. The number of aryl methyl sites for hydroxylation is 1. The predicted molar refractivity (Wildman–Crippen MR) is 36.6 cm³/mol. The molecule has 0 atom stereocenters. The van der Waals surface area contributed by atoms with Gasteiger partial charge in [0.25, 0.3) is 5.88 Å². The first-order valence-electron chi connectivity index (χ1n) is 3.03. The fraction of sp³-hybridized carbons (Fsp3) is 0.333. The molecule has 1 aromatic rings. The summed E-state index contributed by atoms with van der Waals surface area (Å²) in [5.41, 5.74) is 0.443. The molecule has 0 radical (unpaired) electrons. The fourth-order valence-corrected chi connectivity index (χ4v) is 0.724. The van der Waals surface area contributed by atoms with Crippen LogP contribution in [0.3, 0.4) is 0 Å². The number of nitrogens with zero attached hydrogens (tertiary/aromatic N) is 2. The lowest BCUT2D eigenvalue weighted by molar-refractivity contribution is 0.162. The van der Waals surface area contributed by atoms with Gasteiger partial charge in [-0.05, 0) is 6.92 Å². The predicted octanol–water partition coefficient (Wildman–Crippen LogP) is -0.0831. The molecular formula is C6H9N3O2. The Morgan fingerprint density at radius 3 is 2.91 bits per heavy atom. The lowest BCUT2D eigenvalue weighted by Gasteiger charge is -2.02. The van der Waals surface area contributed by atoms with Crippen LogP contribution in [0.25, 0.3) is 0 Å². The van der Waals surface area contributed by atoms with Gasteiger partial charge in [0.2, 0.25) is 5.49 Å². The van der Waals surface area contributed by atoms with E-state index in [1.165, 1.54) is 13.3 Å². The quantitative estimate of drug-likeness (QED) is 0.557. The van der Waals surface area contributed by atoms with E-state index in [9.17, 15) is 0 Å². The number of rotatable bonds is 1. The molecule has 0 aliphatic rings. The molecule has 0 spiro atoms. The first-order valence-corrected chi connectivity index (χ1v) is 3.03. The van der Waals surface area contributed by atoms with Crippen LogP contribution in [0.1, 0.15) is 5.69 Å². The van der Waals surface area contributed by atoms with Crippen LogP contribution in [-0.2, 0) is 0 Å². The zero-order valence-corrected chi connectivity index (χ0v) is 6.33. The number of hydrogen-bond acceptors (Lipinski definition) is 4. The van der Waals surface area contributed by atoms with Gasteiger partial charge in [0, 0.05) is 0 Å². The Bertz CT molecular complexity index is 318. The van der Waals surface area contributed by atoms with Crippen molar-refractivity contribution in [3.8, 4) is 5.88 Å². The van der Waals surface area contributed by atoms with Crippen molar-refractivity contribution in [3.63, 3.8) is 0 Å². The van der Waals surface area contributed by atoms with Gasteiger partial charge in [-0.3, -0.25) is 5.41 Å². The van der Waals surface area contributed by atoms with Crippen molar-refractivity contribution in [1.29, 1.82) is 5.41 Å². The van der Waals surface area contributed by atoms with Gasteiger partial charge in [-0.25, -0.2) is 4.98 Å². The van der Waals surface area contributed by atoms with E-state index < -0.39 is 0 Å². The van der Waals surface area contributed by atoms with Crippen LogP contribution >= 0.6 is 0 Å². The Balaban J connectivity index is 3.37. The SMILES string of the molecule is COc1nc(C)cn(O)c1=N. The summed E-state index contributed by atoms with van der Waals surface area (Å²) in [6.45, 7) is 1.70. The lowest BCUT2D eigenvalue weighted by Crippen LogP contribution is -2.20. The summed E-state index contributed by atoms with van der Waals surface area (Å²) in [5.74, 6) is 0.118. The summed E-state index contributed by atoms with van der Waals surface area (Å²) >= 11 is 0. The van der Waals surface area contributed by atoms with Crippen molar-refractivity contribution in [2.75, 3.05) is 7.11 Å². The van der Waals surface area contributed by atoms with E-state index in [1.54, 1.807) is 6.92 Å². The van der Waals surface area contributed by atoms with Crippen molar-refractivity contribution in [1.82, 2.24) is 9.71 Å². The number of ether oxygens (including phenoxy) is 1. The van der Waals surface area contributed by atoms with E-state index in [0.29, 0.717) is 10.4 Å². The largest absolute Gasteiger partial charge is 0.478 e. The molecule has 1 heterocycles. The highest BCUT2D eigenvalue weighted by Crippen LogP contribution is 1.96. The van der Waals surface area contributed by atoms with Crippen LogP contribution in [0.15, 0.2) is 6.20 Å². The second kappa shape index (κ2) is 2.61. The van der Waals surface area contributed by atoms with Crippen LogP contribution < -0.4 is 10.2 Å². The first-order chi connectivity index (χ1) is 5.15. The van der Waals surface area contributed by atoms with Gasteiger partial charge in [0.1, 0.15) is 0 Å². The van der Waals surface area contributed by atoms with Gasteiger partial charge in [-0.1, -0.05) is 0 Å². The Kier molecular flexibility index (Phi) is 1.80. The first kappa shape index (κ1) is 7.59. The Morgan fingerprint density at radius 1 is 1.73 bits per heavy atom. The van der Waals surface area contributed by atoms with E-state index in [4.69, 9.17) is 15.4 Å². The molecule has 5 nitrogen and oxygen atoms in total. The average Bonchev–Trinajstić information content (AvgIpc) is 1.96. The lowest BCUT2D eigenvalue weighted by atomic mass is 10.5. The fourth-order valence-electron chi connectivity index (χ4n) is 0.724. The highest BCUT2D eigenvalue weighted by atomic mass is 16.5. The second-order valence-electron chi connectivity index (χ2n) is 2.08. The van der Waals surface area contributed by atoms with Gasteiger partial charge in [0.05, 0.1) is 19.0 Å². The molecule has 0 bridgehead atoms. The highest BCUT2D eigenvalue weighted by molar-refractivity contribution is 5.06. The molecule has 2 N–H and O–H groups in total. The molecule has 0 unspecified atom stereocenters. The summed E-state index contributed by atoms with van der Waals surface area (Å²) in [6.07, 6.45) is 1.34. The number of methoxy groups -OCH3 is 1. The third-order valence-electron chi connectivity index (χ3n) is 1.21. The molecule has 1 aromatic heterocycles. The number of aromatic nitrogens is 2. The monoisotopic (exact) mass is 155 g/mol. The zero-order valence-electron chi connectivity index (χ0n) is 6.33. The Labute approximate surface area is 63.4 Å². The topological polar surface area (TPSA) is 71.1 Å². The highest BCUT2D eigenvalue weighted by Gasteiger charge is 2.00. The standard InChI is InChI=1S/C6H9N3O2/c1-4-3-9(10)5(7)6(8-4)11-2/h3,7,10H,1-2H3. The van der Waals surface area contributed by atoms with E-state index in [-0.39, 0.29) is 11.4 Å². The molecule has 0 saturated heterocycles. The molecular weight excluding hydrogens is 146 g/mol. The van der Waals surface area contributed by atoms with Crippen LogP contribution in [0.4, 0.5) is 0 Å². The molecule has 60 valence electrons. The summed E-state index contributed by atoms with van der Waals surface area (Å²) < 4.78 is 5.40. The average molecular weight is 155 g/mol. The molecule has 5 heteroatoms. The third-order valence-corrected chi connectivity index (χ3v) is 1.21. The Morgan fingerprint density at radius 2 is 2.36 bits per heavy atom. The van der Waals surface area contributed by atoms with Gasteiger partial charge < -0.3 is 9.94 Å². The molecule has 0 saturated carbocycles. The summed E-state index contributed by atoms with van der Waals surface area (Å²) in [6, 6.07) is 0. The van der Waals surface area contributed by atoms with Crippen LogP contribution in [0.5, 0.6) is 5.88 Å². The van der Waals surface area contributed by atoms with Gasteiger partial charge in [0.15, 0.2) is 0 Å². The number of nitrogens with one attached hydrogen (secondary N) is 1. The van der Waals surface area contributed by atoms with Crippen molar-refractivity contribution in [2.24, 2.45) is 0 Å². The maximum Gasteiger partial charge on any atom is 0.260 e. The maximum atomic E-state index is 9.02. The molecule has 11 heavy (non-hydrogen) atoms. The summed E-state index contributed by atoms with van der Waals surface area (Å²) in [5, 5.41) is 16.2. The van der Waals surface area contributed by atoms with Crippen LogP contribution in [0.2, 0.25) is 0 Å². The molecule has 0 aromatic carbocycles. The molecule has 0 aliphatic heterocycles. The van der Waals surface area contributed by atoms with Gasteiger partial charge in [-0.2, -0.15) is 4.73 Å². The molecule has 1 rings (SSSR count). The molecule has 0 amide bonds. The van der Waals surface area contributed by atoms with E-state index in [0.717, 1.165) is 0 Å². The van der Waals surface area contributed by atoms with Crippen LogP contribution in [0, 0.1) is 12.3 Å². The van der Waals surface area contributed by atoms with E-state index in [1.807, 2.05) is 0 Å². The van der Waals surface area contributed by atoms with E-state index in [2.05, 4.69) is 4.98 Å². The molecule has 0 fully saturated rings. The third kappa shape index (κ3) is 1.31. The van der Waals surface area contributed by atoms with Crippen LogP contribution in [-0.4, -0.2) is 22.0 Å². The van der Waals surface area contributed by atoms with Crippen molar-refractivity contribution >= 4 is 0 Å². The summed E-state index contributed by atoms with van der Waals surface area (Å²) in [4.78, 5) is 3.86. The minimum Gasteiger partial charge on any atom is -0.478 e. The zero-order chi connectivity index (χ0) is 8.43. The smallest absolute Gasteiger partial charge is 0.260 e. The van der Waals surface area contributed by atoms with Crippen molar-refractivity contribution in [2.45, 2.75) is 6.92 Å². The van der Waals surface area contributed by atoms with Crippen molar-refractivity contribution < 1.29 is 9.94 Å². The maximum absolute atomic E-state index is 9.02. The summed E-state index contributed by atoms with van der Waals surface area (Å²) in [7, 11) is 1.40. The Hall–Kier alpha value is -1.52. The minimum absolute atomic E-state index is 0.118. The van der Waals surface area contributed by atoms with E-state index >= 15 is 0 Å². The number of hydrogen-bond donors (Lipinski definition) is 2. The molecule has 0 aliphatic carbocycles. The van der Waals surface area contributed by atoms with Gasteiger partial charge in [-0.15, -0.1) is 0 Å².